The summed E-state index contributed by atoms with van der Waals surface area (Å²) >= 11 is 0. The Balaban J connectivity index is 1.34. The molecule has 1 N–H and O–H groups in total. The van der Waals surface area contributed by atoms with Crippen molar-refractivity contribution in [3.63, 3.8) is 0 Å². The lowest BCUT2D eigenvalue weighted by molar-refractivity contribution is -0.115. The molecule has 2 aliphatic rings. The first-order chi connectivity index (χ1) is 17.0. The van der Waals surface area contributed by atoms with Gasteiger partial charge in [-0.15, -0.1) is 5.10 Å². The summed E-state index contributed by atoms with van der Waals surface area (Å²) in [6.45, 7) is 12.5. The number of aromatic nitrogens is 5. The topological polar surface area (TPSA) is 95.9 Å². The van der Waals surface area contributed by atoms with Gasteiger partial charge in [-0.1, -0.05) is 20.8 Å². The highest BCUT2D eigenvalue weighted by atomic mass is 16.1. The number of nitrogens with one attached hydrogen (secondary N) is 1. The van der Waals surface area contributed by atoms with Crippen molar-refractivity contribution in [2.24, 2.45) is 16.8 Å². The summed E-state index contributed by atoms with van der Waals surface area (Å²) in [6.07, 6.45) is 7.36. The molecule has 10 nitrogen and oxygen atoms in total. The largest absolute Gasteiger partial charge is 0.353 e. The molecule has 1 unspecified atom stereocenters. The van der Waals surface area contributed by atoms with Crippen molar-refractivity contribution in [1.82, 2.24) is 29.3 Å². The third-order valence-corrected chi connectivity index (χ3v) is 6.68. The van der Waals surface area contributed by atoms with Crippen LogP contribution in [0.4, 0.5) is 11.6 Å². The second-order valence-corrected chi connectivity index (χ2v) is 10.2. The maximum absolute atomic E-state index is 13.1. The molecule has 3 aromatic heterocycles. The summed E-state index contributed by atoms with van der Waals surface area (Å²) in [7, 11) is 0. The van der Waals surface area contributed by atoms with Gasteiger partial charge in [0, 0.05) is 69.7 Å². The summed E-state index contributed by atoms with van der Waals surface area (Å²) in [5, 5.41) is 12.3. The first-order valence-electron chi connectivity index (χ1n) is 12.6. The number of rotatable bonds is 6. The number of nitrogens with zero attached hydrogens (tertiary/aromatic N) is 8. The Morgan fingerprint density at radius 3 is 2.80 bits per heavy atom. The zero-order chi connectivity index (χ0) is 24.4. The van der Waals surface area contributed by atoms with Crippen molar-refractivity contribution >= 4 is 29.0 Å². The minimum atomic E-state index is -0.121. The molecule has 1 atom stereocenters. The van der Waals surface area contributed by atoms with E-state index in [2.05, 4.69) is 46.0 Å². The Bertz CT molecular complexity index is 1200. The van der Waals surface area contributed by atoms with Gasteiger partial charge in [-0.3, -0.25) is 14.7 Å². The van der Waals surface area contributed by atoms with E-state index in [1.165, 1.54) is 0 Å². The number of hydrogen-bond donors (Lipinski definition) is 1. The van der Waals surface area contributed by atoms with Gasteiger partial charge in [-0.05, 0) is 24.3 Å². The lowest BCUT2D eigenvalue weighted by atomic mass is 10.0. The van der Waals surface area contributed by atoms with Crippen molar-refractivity contribution in [2.45, 2.75) is 40.0 Å². The van der Waals surface area contributed by atoms with Gasteiger partial charge in [0.1, 0.15) is 11.7 Å². The summed E-state index contributed by atoms with van der Waals surface area (Å²) < 4.78 is 3.52. The fourth-order valence-corrected chi connectivity index (χ4v) is 4.83. The number of aliphatic imine (C=N–C) groups is 1. The van der Waals surface area contributed by atoms with E-state index in [0.717, 1.165) is 69.3 Å². The molecular weight excluding hydrogens is 442 g/mol. The highest BCUT2D eigenvalue weighted by Crippen LogP contribution is 2.24. The Morgan fingerprint density at radius 1 is 1.23 bits per heavy atom. The van der Waals surface area contributed by atoms with Crippen LogP contribution >= 0.6 is 0 Å². The number of carbonyl (C=O) groups excluding carboxylic acids is 1. The first-order valence-corrected chi connectivity index (χ1v) is 12.6. The standard InChI is InChI=1S/C25H35N9O/c1-18(2)17-31-9-11-32(12-10-31)23-14-22(34(30-23)21-6-5-19(3)15-27-21)29-24(35)13-20-16-28-33-8-4-7-26-25(20)33/h4,7-8,14,16,18-19H,5-6,9-13,15,17H2,1-3H3,(H,29,35). The number of carbonyl (C=O) groups is 1. The molecule has 3 aromatic rings. The zero-order valence-electron chi connectivity index (χ0n) is 20.9. The molecule has 0 spiro atoms. The van der Waals surface area contributed by atoms with Crippen LogP contribution in [0.15, 0.2) is 35.7 Å². The van der Waals surface area contributed by atoms with E-state index < -0.39 is 0 Å². The van der Waals surface area contributed by atoms with Gasteiger partial charge in [0.05, 0.1) is 12.6 Å². The summed E-state index contributed by atoms with van der Waals surface area (Å²) in [5.41, 5.74) is 1.49. The molecule has 0 aliphatic carbocycles. The lowest BCUT2D eigenvalue weighted by Gasteiger charge is -2.35. The quantitative estimate of drug-likeness (QED) is 0.586. The van der Waals surface area contributed by atoms with Crippen LogP contribution in [0.2, 0.25) is 0 Å². The molecule has 5 rings (SSSR count). The van der Waals surface area contributed by atoms with Gasteiger partial charge >= 0.3 is 0 Å². The van der Waals surface area contributed by atoms with Crippen LogP contribution in [0.3, 0.4) is 0 Å². The normalized spacial score (nSPS) is 19.4. The molecule has 10 heteroatoms. The van der Waals surface area contributed by atoms with Crippen molar-refractivity contribution in [3.8, 4) is 0 Å². The second-order valence-electron chi connectivity index (χ2n) is 10.2. The maximum atomic E-state index is 13.1. The fraction of sp³-hybridized carbons (Fsp3) is 0.560. The van der Waals surface area contributed by atoms with E-state index in [-0.39, 0.29) is 12.3 Å². The third-order valence-electron chi connectivity index (χ3n) is 6.68. The number of hydrogen-bond acceptors (Lipinski definition) is 7. The molecule has 1 fully saturated rings. The smallest absolute Gasteiger partial charge is 0.230 e. The van der Waals surface area contributed by atoms with Crippen LogP contribution in [0.1, 0.15) is 39.2 Å². The van der Waals surface area contributed by atoms with Crippen LogP contribution < -0.4 is 10.2 Å². The van der Waals surface area contributed by atoms with E-state index >= 15 is 0 Å². The molecule has 1 saturated heterocycles. The molecule has 0 saturated carbocycles. The predicted octanol–water partition coefficient (Wildman–Crippen LogP) is 2.56. The molecule has 186 valence electrons. The van der Waals surface area contributed by atoms with Gasteiger partial charge in [0.15, 0.2) is 11.5 Å². The molecule has 0 radical (unpaired) electrons. The molecular formula is C25H35N9O. The predicted molar refractivity (Wildman–Crippen MR) is 137 cm³/mol. The van der Waals surface area contributed by atoms with Gasteiger partial charge in [0.2, 0.25) is 5.91 Å². The molecule has 35 heavy (non-hydrogen) atoms. The van der Waals surface area contributed by atoms with Crippen LogP contribution in [-0.4, -0.2) is 80.3 Å². The lowest BCUT2D eigenvalue weighted by Crippen LogP contribution is -2.47. The van der Waals surface area contributed by atoms with Crippen molar-refractivity contribution in [1.29, 1.82) is 0 Å². The Hall–Kier alpha value is -3.27. The van der Waals surface area contributed by atoms with E-state index in [4.69, 9.17) is 10.1 Å². The van der Waals surface area contributed by atoms with E-state index in [1.807, 2.05) is 23.0 Å². The van der Waals surface area contributed by atoms with Gasteiger partial charge in [0.25, 0.3) is 0 Å². The van der Waals surface area contributed by atoms with Crippen molar-refractivity contribution in [2.75, 3.05) is 49.5 Å². The SMILES string of the molecule is CC(C)CN1CCN(c2cc(NC(=O)Cc3cnn4cccnc34)n(C3=NCC(C)CC3)n2)CC1. The van der Waals surface area contributed by atoms with Crippen molar-refractivity contribution < 1.29 is 4.79 Å². The summed E-state index contributed by atoms with van der Waals surface area (Å²) in [4.78, 5) is 27.0. The molecule has 2 aliphatic heterocycles. The Morgan fingerprint density at radius 2 is 2.06 bits per heavy atom. The molecule has 0 aromatic carbocycles. The maximum Gasteiger partial charge on any atom is 0.230 e. The van der Waals surface area contributed by atoms with Crippen LogP contribution in [-0.2, 0) is 11.2 Å². The summed E-state index contributed by atoms with van der Waals surface area (Å²) in [5.74, 6) is 3.60. The van der Waals surface area contributed by atoms with Crippen LogP contribution in [0, 0.1) is 11.8 Å². The highest BCUT2D eigenvalue weighted by Gasteiger charge is 2.24. The first kappa shape index (κ1) is 23.5. The van der Waals surface area contributed by atoms with E-state index in [1.54, 1.807) is 16.9 Å². The zero-order valence-corrected chi connectivity index (χ0v) is 20.9. The van der Waals surface area contributed by atoms with Gasteiger partial charge < -0.3 is 10.2 Å². The average molecular weight is 478 g/mol. The van der Waals surface area contributed by atoms with E-state index in [0.29, 0.717) is 23.3 Å². The van der Waals surface area contributed by atoms with Crippen LogP contribution in [0.5, 0.6) is 0 Å². The van der Waals surface area contributed by atoms with E-state index in [9.17, 15) is 4.79 Å². The van der Waals surface area contributed by atoms with Crippen molar-refractivity contribution in [3.05, 3.63) is 36.3 Å². The number of amides is 1. The monoisotopic (exact) mass is 477 g/mol. The van der Waals surface area contributed by atoms with Crippen LogP contribution in [0.25, 0.3) is 5.65 Å². The number of piperazine rings is 1. The molecule has 5 heterocycles. The molecule has 1 amide bonds. The number of fused-ring (bicyclic) bond motifs is 1. The minimum Gasteiger partial charge on any atom is -0.353 e. The fourth-order valence-electron chi connectivity index (χ4n) is 4.83. The highest BCUT2D eigenvalue weighted by molar-refractivity contribution is 5.96. The minimum absolute atomic E-state index is 0.121. The Labute approximate surface area is 206 Å². The summed E-state index contributed by atoms with van der Waals surface area (Å²) in [6, 6.07) is 3.81. The van der Waals surface area contributed by atoms with Gasteiger partial charge in [-0.25, -0.2) is 14.2 Å². The molecule has 0 bridgehead atoms. The Kier molecular flexibility index (Phi) is 6.81. The van der Waals surface area contributed by atoms with Gasteiger partial charge in [-0.2, -0.15) is 5.10 Å². The second kappa shape index (κ2) is 10.2. The third kappa shape index (κ3) is 5.37. The number of anilines is 2. The average Bonchev–Trinajstić information content (AvgIpc) is 3.44.